The van der Waals surface area contributed by atoms with Crippen LogP contribution in [0.5, 0.6) is 0 Å². The van der Waals surface area contributed by atoms with Crippen molar-refractivity contribution in [2.75, 3.05) is 6.61 Å². The van der Waals surface area contributed by atoms with Crippen molar-refractivity contribution in [3.05, 3.63) is 0 Å². The summed E-state index contributed by atoms with van der Waals surface area (Å²) in [6.45, 7) is 2.88. The summed E-state index contributed by atoms with van der Waals surface area (Å²) < 4.78 is 11.5. The standard InChI is InChI=1S/C13H24N2O3/c1-9-3-2-4-10(7-9)17-8-11-5-6-12(18-11)13(16)15-14/h9-12H,2-8,14H2,1H3,(H,15,16). The monoisotopic (exact) mass is 256 g/mol. The predicted octanol–water partition coefficient (Wildman–Crippen LogP) is 1.12. The Morgan fingerprint density at radius 2 is 2.22 bits per heavy atom. The molecule has 0 spiro atoms. The Morgan fingerprint density at radius 3 is 2.94 bits per heavy atom. The molecule has 1 heterocycles. The second kappa shape index (κ2) is 6.50. The third kappa shape index (κ3) is 3.67. The summed E-state index contributed by atoms with van der Waals surface area (Å²) >= 11 is 0. The van der Waals surface area contributed by atoms with Crippen LogP contribution in [0.3, 0.4) is 0 Å². The van der Waals surface area contributed by atoms with Gasteiger partial charge in [-0.25, -0.2) is 5.84 Å². The predicted molar refractivity (Wildman–Crippen MR) is 67.6 cm³/mol. The van der Waals surface area contributed by atoms with Gasteiger partial charge in [-0.15, -0.1) is 0 Å². The number of hydrazine groups is 1. The van der Waals surface area contributed by atoms with Crippen molar-refractivity contribution in [2.45, 2.75) is 63.8 Å². The van der Waals surface area contributed by atoms with Gasteiger partial charge in [-0.1, -0.05) is 19.8 Å². The molecule has 2 rings (SSSR count). The van der Waals surface area contributed by atoms with E-state index in [1.165, 1.54) is 12.8 Å². The molecule has 0 bridgehead atoms. The number of hydrogen-bond donors (Lipinski definition) is 2. The third-order valence-electron chi connectivity index (χ3n) is 3.95. The molecule has 0 aromatic rings. The van der Waals surface area contributed by atoms with Crippen LogP contribution >= 0.6 is 0 Å². The molecule has 18 heavy (non-hydrogen) atoms. The average molecular weight is 256 g/mol. The van der Waals surface area contributed by atoms with Gasteiger partial charge in [0.05, 0.1) is 18.8 Å². The van der Waals surface area contributed by atoms with E-state index < -0.39 is 6.10 Å². The molecule has 4 atom stereocenters. The normalized spacial score (nSPS) is 36.6. The van der Waals surface area contributed by atoms with Crippen LogP contribution in [-0.2, 0) is 14.3 Å². The first-order chi connectivity index (χ1) is 8.69. The molecule has 1 amide bonds. The van der Waals surface area contributed by atoms with Gasteiger partial charge >= 0.3 is 0 Å². The first-order valence-corrected chi connectivity index (χ1v) is 6.96. The molecule has 3 N–H and O–H groups in total. The summed E-state index contributed by atoms with van der Waals surface area (Å²) in [5.74, 6) is 5.63. The summed E-state index contributed by atoms with van der Waals surface area (Å²) in [5.41, 5.74) is 2.13. The van der Waals surface area contributed by atoms with Crippen LogP contribution in [0.1, 0.15) is 45.4 Å². The maximum atomic E-state index is 11.3. The van der Waals surface area contributed by atoms with E-state index in [1.807, 2.05) is 0 Å². The van der Waals surface area contributed by atoms with Gasteiger partial charge in [0, 0.05) is 0 Å². The number of amides is 1. The molecule has 5 heteroatoms. The molecule has 1 aliphatic heterocycles. The molecule has 1 aliphatic carbocycles. The largest absolute Gasteiger partial charge is 0.376 e. The summed E-state index contributed by atoms with van der Waals surface area (Å²) in [6.07, 6.45) is 6.52. The first kappa shape index (κ1) is 13.8. The van der Waals surface area contributed by atoms with Crippen molar-refractivity contribution < 1.29 is 14.3 Å². The summed E-state index contributed by atoms with van der Waals surface area (Å²) in [7, 11) is 0. The lowest BCUT2D eigenvalue weighted by atomic mass is 9.89. The lowest BCUT2D eigenvalue weighted by Crippen LogP contribution is -2.39. The number of nitrogens with two attached hydrogens (primary N) is 1. The van der Waals surface area contributed by atoms with Gasteiger partial charge in [0.25, 0.3) is 5.91 Å². The second-order valence-corrected chi connectivity index (χ2v) is 5.56. The van der Waals surface area contributed by atoms with Crippen LogP contribution in [0.25, 0.3) is 0 Å². The fraction of sp³-hybridized carbons (Fsp3) is 0.923. The zero-order chi connectivity index (χ0) is 13.0. The van der Waals surface area contributed by atoms with E-state index in [9.17, 15) is 4.79 Å². The van der Waals surface area contributed by atoms with Gasteiger partial charge < -0.3 is 9.47 Å². The molecule has 1 saturated heterocycles. The minimum Gasteiger partial charge on any atom is -0.376 e. The van der Waals surface area contributed by atoms with Crippen LogP contribution in [0, 0.1) is 5.92 Å². The SMILES string of the molecule is CC1CCCC(OCC2CCC(C(=O)NN)O2)C1. The minimum atomic E-state index is -0.395. The van der Waals surface area contributed by atoms with Crippen molar-refractivity contribution in [3.63, 3.8) is 0 Å². The number of carbonyl (C=O) groups excluding carboxylic acids is 1. The number of ether oxygens (including phenoxy) is 2. The molecule has 0 radical (unpaired) electrons. The average Bonchev–Trinajstić information content (AvgIpc) is 2.84. The fourth-order valence-electron chi connectivity index (χ4n) is 2.89. The van der Waals surface area contributed by atoms with E-state index >= 15 is 0 Å². The van der Waals surface area contributed by atoms with E-state index in [0.717, 1.165) is 31.6 Å². The van der Waals surface area contributed by atoms with E-state index in [1.54, 1.807) is 0 Å². The molecule has 4 unspecified atom stereocenters. The number of nitrogens with one attached hydrogen (secondary N) is 1. The minimum absolute atomic E-state index is 0.0459. The van der Waals surface area contributed by atoms with Crippen LogP contribution in [0.4, 0.5) is 0 Å². The maximum absolute atomic E-state index is 11.3. The molecular weight excluding hydrogens is 232 g/mol. The highest BCUT2D eigenvalue weighted by Gasteiger charge is 2.31. The Balaban J connectivity index is 1.67. The fourth-order valence-corrected chi connectivity index (χ4v) is 2.89. The molecule has 2 aliphatic rings. The molecule has 5 nitrogen and oxygen atoms in total. The summed E-state index contributed by atoms with van der Waals surface area (Å²) in [4.78, 5) is 11.3. The van der Waals surface area contributed by atoms with Crippen molar-refractivity contribution in [3.8, 4) is 0 Å². The lowest BCUT2D eigenvalue weighted by Gasteiger charge is -2.27. The number of rotatable bonds is 4. The molecule has 104 valence electrons. The van der Waals surface area contributed by atoms with E-state index in [-0.39, 0.29) is 12.0 Å². The van der Waals surface area contributed by atoms with Crippen molar-refractivity contribution in [2.24, 2.45) is 11.8 Å². The Labute approximate surface area is 108 Å². The molecule has 0 aromatic heterocycles. The van der Waals surface area contributed by atoms with E-state index in [4.69, 9.17) is 15.3 Å². The Morgan fingerprint density at radius 1 is 1.39 bits per heavy atom. The van der Waals surface area contributed by atoms with Crippen LogP contribution in [0.2, 0.25) is 0 Å². The van der Waals surface area contributed by atoms with Crippen molar-refractivity contribution in [1.82, 2.24) is 5.43 Å². The van der Waals surface area contributed by atoms with Gasteiger partial charge in [0.1, 0.15) is 6.10 Å². The Bertz CT molecular complexity index is 285. The summed E-state index contributed by atoms with van der Waals surface area (Å²) in [5, 5.41) is 0. The van der Waals surface area contributed by atoms with Crippen molar-refractivity contribution >= 4 is 5.91 Å². The molecule has 1 saturated carbocycles. The highest BCUT2D eigenvalue weighted by atomic mass is 16.5. The highest BCUT2D eigenvalue weighted by Crippen LogP contribution is 2.27. The number of hydrogen-bond acceptors (Lipinski definition) is 4. The second-order valence-electron chi connectivity index (χ2n) is 5.56. The van der Waals surface area contributed by atoms with Gasteiger partial charge in [0.2, 0.25) is 0 Å². The maximum Gasteiger partial charge on any atom is 0.263 e. The quantitative estimate of drug-likeness (QED) is 0.449. The third-order valence-corrected chi connectivity index (χ3v) is 3.95. The highest BCUT2D eigenvalue weighted by molar-refractivity contribution is 5.80. The van der Waals surface area contributed by atoms with E-state index in [2.05, 4.69) is 12.3 Å². The number of carbonyl (C=O) groups is 1. The zero-order valence-corrected chi connectivity index (χ0v) is 11.1. The molecular formula is C13H24N2O3. The smallest absolute Gasteiger partial charge is 0.263 e. The first-order valence-electron chi connectivity index (χ1n) is 6.96. The topological polar surface area (TPSA) is 73.6 Å². The van der Waals surface area contributed by atoms with Gasteiger partial charge in [-0.05, 0) is 31.6 Å². The van der Waals surface area contributed by atoms with Crippen LogP contribution in [-0.4, -0.2) is 30.8 Å². The van der Waals surface area contributed by atoms with Gasteiger partial charge in [-0.2, -0.15) is 0 Å². The van der Waals surface area contributed by atoms with Crippen LogP contribution in [0.15, 0.2) is 0 Å². The van der Waals surface area contributed by atoms with E-state index in [0.29, 0.717) is 12.7 Å². The van der Waals surface area contributed by atoms with Gasteiger partial charge in [0.15, 0.2) is 0 Å². The summed E-state index contributed by atoms with van der Waals surface area (Å²) in [6, 6.07) is 0. The van der Waals surface area contributed by atoms with Crippen molar-refractivity contribution in [1.29, 1.82) is 0 Å². The lowest BCUT2D eigenvalue weighted by molar-refractivity contribution is -0.134. The zero-order valence-electron chi connectivity index (χ0n) is 11.1. The Kier molecular flexibility index (Phi) is 4.97. The molecule has 2 fully saturated rings. The van der Waals surface area contributed by atoms with Crippen LogP contribution < -0.4 is 11.3 Å². The molecule has 0 aromatic carbocycles. The van der Waals surface area contributed by atoms with Gasteiger partial charge in [-0.3, -0.25) is 10.2 Å². The Hall–Kier alpha value is -0.650.